The van der Waals surface area contributed by atoms with Crippen molar-refractivity contribution in [2.75, 3.05) is 6.54 Å². The Morgan fingerprint density at radius 1 is 1.30 bits per heavy atom. The molecule has 2 amide bonds. The predicted molar refractivity (Wildman–Crippen MR) is 86.2 cm³/mol. The number of hydrogen-bond donors (Lipinski definition) is 2. The minimum atomic E-state index is -0.658. The SMILES string of the molecule is Cc1cc(C(=O)N[C@](C)(CNC(=O)OC(C)(C)C)C(C)C)on1. The van der Waals surface area contributed by atoms with E-state index in [9.17, 15) is 9.59 Å². The molecule has 0 saturated heterocycles. The average molecular weight is 325 g/mol. The summed E-state index contributed by atoms with van der Waals surface area (Å²) in [6.45, 7) is 13.1. The van der Waals surface area contributed by atoms with Crippen LogP contribution >= 0.6 is 0 Å². The van der Waals surface area contributed by atoms with Gasteiger partial charge < -0.3 is 19.9 Å². The van der Waals surface area contributed by atoms with Crippen LogP contribution in [0.2, 0.25) is 0 Å². The van der Waals surface area contributed by atoms with Gasteiger partial charge in [0.15, 0.2) is 0 Å². The number of ether oxygens (including phenoxy) is 1. The number of hydrogen-bond acceptors (Lipinski definition) is 5. The second kappa shape index (κ2) is 7.02. The molecule has 0 aliphatic heterocycles. The summed E-state index contributed by atoms with van der Waals surface area (Å²) in [5, 5.41) is 9.30. The predicted octanol–water partition coefficient (Wildman–Crippen LogP) is 2.65. The quantitative estimate of drug-likeness (QED) is 0.868. The number of rotatable bonds is 5. The largest absolute Gasteiger partial charge is 0.444 e. The van der Waals surface area contributed by atoms with Gasteiger partial charge in [0.05, 0.1) is 11.2 Å². The van der Waals surface area contributed by atoms with Crippen LogP contribution in [0.4, 0.5) is 4.79 Å². The van der Waals surface area contributed by atoms with Gasteiger partial charge in [0.1, 0.15) is 5.60 Å². The van der Waals surface area contributed by atoms with Crippen LogP contribution in [0.25, 0.3) is 0 Å². The molecular weight excluding hydrogens is 298 g/mol. The zero-order chi connectivity index (χ0) is 17.8. The van der Waals surface area contributed by atoms with Gasteiger partial charge >= 0.3 is 6.09 Å². The topological polar surface area (TPSA) is 93.5 Å². The van der Waals surface area contributed by atoms with E-state index in [0.717, 1.165) is 0 Å². The van der Waals surface area contributed by atoms with E-state index in [4.69, 9.17) is 9.26 Å². The van der Waals surface area contributed by atoms with Crippen LogP contribution in [-0.4, -0.2) is 34.8 Å². The van der Waals surface area contributed by atoms with Crippen molar-refractivity contribution in [3.63, 3.8) is 0 Å². The number of aryl methyl sites for hydroxylation is 1. The Hall–Kier alpha value is -2.05. The van der Waals surface area contributed by atoms with Crippen LogP contribution in [0.5, 0.6) is 0 Å². The first-order chi connectivity index (χ1) is 10.4. The van der Waals surface area contributed by atoms with Gasteiger partial charge in [0, 0.05) is 12.6 Å². The van der Waals surface area contributed by atoms with Gasteiger partial charge in [0.2, 0.25) is 5.76 Å². The molecule has 1 heterocycles. The van der Waals surface area contributed by atoms with E-state index in [1.807, 2.05) is 20.8 Å². The second-order valence-electron chi connectivity index (χ2n) is 7.21. The average Bonchev–Trinajstić information content (AvgIpc) is 2.81. The van der Waals surface area contributed by atoms with E-state index in [2.05, 4.69) is 15.8 Å². The van der Waals surface area contributed by atoms with Crippen LogP contribution in [0.3, 0.4) is 0 Å². The smallest absolute Gasteiger partial charge is 0.407 e. The first-order valence-electron chi connectivity index (χ1n) is 7.65. The molecule has 0 aliphatic carbocycles. The highest BCUT2D eigenvalue weighted by Crippen LogP contribution is 2.17. The van der Waals surface area contributed by atoms with E-state index < -0.39 is 17.2 Å². The van der Waals surface area contributed by atoms with Gasteiger partial charge in [-0.25, -0.2) is 4.79 Å². The van der Waals surface area contributed by atoms with Gasteiger partial charge in [-0.1, -0.05) is 19.0 Å². The summed E-state index contributed by atoms with van der Waals surface area (Å²) in [5.74, 6) is -0.148. The number of alkyl carbamates (subject to hydrolysis) is 1. The lowest BCUT2D eigenvalue weighted by molar-refractivity contribution is 0.0495. The van der Waals surface area contributed by atoms with Crippen LogP contribution < -0.4 is 10.6 Å². The van der Waals surface area contributed by atoms with Gasteiger partial charge in [-0.05, 0) is 40.5 Å². The van der Waals surface area contributed by atoms with Crippen LogP contribution in [0.1, 0.15) is 57.8 Å². The fraction of sp³-hybridized carbons (Fsp3) is 0.688. The number of aromatic nitrogens is 1. The minimum Gasteiger partial charge on any atom is -0.444 e. The molecule has 0 saturated carbocycles. The van der Waals surface area contributed by atoms with Crippen molar-refractivity contribution < 1.29 is 18.8 Å². The van der Waals surface area contributed by atoms with Crippen molar-refractivity contribution in [2.24, 2.45) is 5.92 Å². The summed E-state index contributed by atoms with van der Waals surface area (Å²) in [5.41, 5.74) is -0.596. The molecule has 0 bridgehead atoms. The molecule has 23 heavy (non-hydrogen) atoms. The van der Waals surface area contributed by atoms with Gasteiger partial charge in [-0.3, -0.25) is 4.79 Å². The molecule has 2 N–H and O–H groups in total. The summed E-state index contributed by atoms with van der Waals surface area (Å²) < 4.78 is 10.2. The molecule has 0 aromatic carbocycles. The number of nitrogens with zero attached hydrogens (tertiary/aromatic N) is 1. The maximum absolute atomic E-state index is 12.3. The molecule has 7 nitrogen and oxygen atoms in total. The monoisotopic (exact) mass is 325 g/mol. The highest BCUT2D eigenvalue weighted by atomic mass is 16.6. The maximum Gasteiger partial charge on any atom is 0.407 e. The third kappa shape index (κ3) is 5.92. The lowest BCUT2D eigenvalue weighted by Crippen LogP contribution is -2.57. The Kier molecular flexibility index (Phi) is 5.80. The first-order valence-corrected chi connectivity index (χ1v) is 7.65. The number of amides is 2. The summed E-state index contributed by atoms with van der Waals surface area (Å²) in [6.07, 6.45) is -0.519. The fourth-order valence-corrected chi connectivity index (χ4v) is 1.75. The van der Waals surface area contributed by atoms with E-state index in [1.54, 1.807) is 33.8 Å². The van der Waals surface area contributed by atoms with Crippen molar-refractivity contribution in [2.45, 2.75) is 59.6 Å². The Bertz CT molecular complexity index is 560. The van der Waals surface area contributed by atoms with E-state index in [0.29, 0.717) is 5.69 Å². The molecular formula is C16H27N3O4. The Balaban J connectivity index is 2.71. The van der Waals surface area contributed by atoms with Gasteiger partial charge in [-0.15, -0.1) is 0 Å². The molecule has 1 aromatic rings. The highest BCUT2D eigenvalue weighted by molar-refractivity contribution is 5.92. The van der Waals surface area contributed by atoms with Gasteiger partial charge in [0.25, 0.3) is 5.91 Å². The molecule has 0 unspecified atom stereocenters. The number of nitrogens with one attached hydrogen (secondary N) is 2. The standard InChI is InChI=1S/C16H27N3O4/c1-10(2)16(7,9-17-14(21)22-15(4,5)6)18-13(20)12-8-11(3)19-23-12/h8,10H,9H2,1-7H3,(H,17,21)(H,18,20)/t16-/m1/s1. The normalized spacial score (nSPS) is 14.3. The molecule has 7 heteroatoms. The van der Waals surface area contributed by atoms with Crippen molar-refractivity contribution in [1.82, 2.24) is 15.8 Å². The third-order valence-corrected chi connectivity index (χ3v) is 3.52. The first kappa shape index (κ1) is 19.0. The zero-order valence-electron chi connectivity index (χ0n) is 14.9. The third-order valence-electron chi connectivity index (χ3n) is 3.52. The molecule has 1 atom stereocenters. The molecule has 0 fully saturated rings. The number of carbonyl (C=O) groups excluding carboxylic acids is 2. The maximum atomic E-state index is 12.3. The Morgan fingerprint density at radius 2 is 1.91 bits per heavy atom. The highest BCUT2D eigenvalue weighted by Gasteiger charge is 2.32. The summed E-state index contributed by atoms with van der Waals surface area (Å²) >= 11 is 0. The van der Waals surface area contributed by atoms with Crippen molar-refractivity contribution in [1.29, 1.82) is 0 Å². The minimum absolute atomic E-state index is 0.0744. The fourth-order valence-electron chi connectivity index (χ4n) is 1.75. The molecule has 1 rings (SSSR count). The lowest BCUT2D eigenvalue weighted by Gasteiger charge is -2.35. The summed E-state index contributed by atoms with van der Waals surface area (Å²) in [7, 11) is 0. The second-order valence-corrected chi connectivity index (χ2v) is 7.21. The Labute approximate surface area is 137 Å². The summed E-state index contributed by atoms with van der Waals surface area (Å²) in [6, 6.07) is 1.57. The lowest BCUT2D eigenvalue weighted by atomic mass is 9.88. The molecule has 130 valence electrons. The van der Waals surface area contributed by atoms with Crippen LogP contribution in [0, 0.1) is 12.8 Å². The number of carbonyl (C=O) groups is 2. The zero-order valence-corrected chi connectivity index (χ0v) is 14.9. The van der Waals surface area contributed by atoms with Crippen LogP contribution in [-0.2, 0) is 4.74 Å². The van der Waals surface area contributed by atoms with E-state index in [1.165, 1.54) is 0 Å². The van der Waals surface area contributed by atoms with Crippen molar-refractivity contribution in [3.05, 3.63) is 17.5 Å². The van der Waals surface area contributed by atoms with Crippen molar-refractivity contribution in [3.8, 4) is 0 Å². The van der Waals surface area contributed by atoms with E-state index >= 15 is 0 Å². The van der Waals surface area contributed by atoms with Gasteiger partial charge in [-0.2, -0.15) is 0 Å². The molecule has 0 spiro atoms. The molecule has 0 radical (unpaired) electrons. The molecule has 1 aromatic heterocycles. The Morgan fingerprint density at radius 3 is 2.35 bits per heavy atom. The van der Waals surface area contributed by atoms with Crippen LogP contribution in [0.15, 0.2) is 10.6 Å². The van der Waals surface area contributed by atoms with E-state index in [-0.39, 0.29) is 24.1 Å². The molecule has 0 aliphatic rings. The summed E-state index contributed by atoms with van der Waals surface area (Å²) in [4.78, 5) is 24.1. The van der Waals surface area contributed by atoms with Crippen molar-refractivity contribution >= 4 is 12.0 Å².